The van der Waals surface area contributed by atoms with Crippen molar-refractivity contribution in [1.82, 2.24) is 18.8 Å². The number of nitrogens with one attached hydrogen (secondary N) is 2. The second kappa shape index (κ2) is 11.1. The van der Waals surface area contributed by atoms with Crippen LogP contribution >= 0.6 is 0 Å². The number of hydrogen-bond donors (Lipinski definition) is 3. The first kappa shape index (κ1) is 27.4. The van der Waals surface area contributed by atoms with Crippen LogP contribution in [0.15, 0.2) is 65.7 Å². The minimum atomic E-state index is -3.92. The minimum absolute atomic E-state index is 0.0937. The van der Waals surface area contributed by atoms with E-state index in [1.165, 1.54) is 6.20 Å². The van der Waals surface area contributed by atoms with Crippen LogP contribution in [-0.2, 0) is 14.8 Å². The molecule has 1 saturated heterocycles. The minimum Gasteiger partial charge on any atom is -0.394 e. The van der Waals surface area contributed by atoms with Gasteiger partial charge in [0, 0.05) is 56.7 Å². The Hall–Kier alpha value is -4.16. The van der Waals surface area contributed by atoms with Gasteiger partial charge < -0.3 is 25.5 Å². The molecule has 11 nitrogen and oxygen atoms in total. The molecule has 5 rings (SSSR count). The molecule has 210 valence electrons. The molecule has 0 radical (unpaired) electrons. The van der Waals surface area contributed by atoms with Crippen molar-refractivity contribution in [2.45, 2.75) is 31.7 Å². The monoisotopic (exact) mass is 563 g/mol. The van der Waals surface area contributed by atoms with E-state index in [0.29, 0.717) is 24.3 Å². The normalized spacial score (nSPS) is 14.8. The van der Waals surface area contributed by atoms with Gasteiger partial charge in [-0.2, -0.15) is 9.97 Å². The summed E-state index contributed by atoms with van der Waals surface area (Å²) in [5, 5.41) is 16.5. The highest BCUT2D eigenvalue weighted by molar-refractivity contribution is 7.90. The van der Waals surface area contributed by atoms with E-state index >= 15 is 0 Å². The molecule has 1 unspecified atom stereocenters. The smallest absolute Gasteiger partial charge is 0.269 e. The van der Waals surface area contributed by atoms with Gasteiger partial charge in [0.2, 0.25) is 11.9 Å². The summed E-state index contributed by atoms with van der Waals surface area (Å²) >= 11 is 0. The average Bonchev–Trinajstić information content (AvgIpc) is 3.39. The highest BCUT2D eigenvalue weighted by Crippen LogP contribution is 2.29. The number of fused-ring (bicyclic) bond motifs is 1. The molecule has 0 saturated carbocycles. The first-order valence-electron chi connectivity index (χ1n) is 13.1. The summed E-state index contributed by atoms with van der Waals surface area (Å²) in [4.78, 5) is 25.0. The molecular weight excluding hydrogens is 530 g/mol. The van der Waals surface area contributed by atoms with Gasteiger partial charge in [-0.15, -0.1) is 0 Å². The Morgan fingerprint density at radius 2 is 1.68 bits per heavy atom. The summed E-state index contributed by atoms with van der Waals surface area (Å²) in [5.74, 6) is 0.713. The van der Waals surface area contributed by atoms with E-state index in [0.717, 1.165) is 34.0 Å². The SMILES string of the molecule is CC(=O)N1CCN(c2ccc(Nc3nc(NC(C)CO)c4ccn(S(=O)(=O)c5ccc(C)cc5)c4n3)cc2)CC1. The number of piperazine rings is 1. The summed E-state index contributed by atoms with van der Waals surface area (Å²) < 4.78 is 28.2. The number of rotatable bonds is 8. The topological polar surface area (TPSA) is 133 Å². The second-order valence-corrected chi connectivity index (χ2v) is 11.8. The Labute approximate surface area is 233 Å². The number of aryl methyl sites for hydroxylation is 1. The number of benzene rings is 2. The summed E-state index contributed by atoms with van der Waals surface area (Å²) in [5.41, 5.74) is 2.94. The van der Waals surface area contributed by atoms with E-state index in [2.05, 4.69) is 25.5 Å². The van der Waals surface area contributed by atoms with Crippen molar-refractivity contribution < 1.29 is 18.3 Å². The summed E-state index contributed by atoms with van der Waals surface area (Å²) in [6.45, 7) is 8.07. The third-order valence-corrected chi connectivity index (χ3v) is 8.64. The van der Waals surface area contributed by atoms with Crippen LogP contribution in [-0.4, -0.2) is 77.1 Å². The number of hydrogen-bond acceptors (Lipinski definition) is 9. The van der Waals surface area contributed by atoms with Gasteiger partial charge in [0.05, 0.1) is 16.9 Å². The average molecular weight is 564 g/mol. The predicted molar refractivity (Wildman–Crippen MR) is 156 cm³/mol. The number of anilines is 4. The zero-order valence-corrected chi connectivity index (χ0v) is 23.5. The number of nitrogens with zero attached hydrogens (tertiary/aromatic N) is 5. The first-order chi connectivity index (χ1) is 19.2. The zero-order chi connectivity index (χ0) is 28.4. The molecule has 2 aromatic heterocycles. The molecule has 1 amide bonds. The van der Waals surface area contributed by atoms with Gasteiger partial charge in [-0.05, 0) is 56.3 Å². The number of carbonyl (C=O) groups is 1. The fraction of sp³-hybridized carbons (Fsp3) is 0.321. The van der Waals surface area contributed by atoms with E-state index < -0.39 is 10.0 Å². The zero-order valence-electron chi connectivity index (χ0n) is 22.7. The molecule has 0 bridgehead atoms. The van der Waals surface area contributed by atoms with Crippen molar-refractivity contribution in [3.05, 3.63) is 66.4 Å². The van der Waals surface area contributed by atoms with Crippen molar-refractivity contribution in [2.75, 3.05) is 48.3 Å². The van der Waals surface area contributed by atoms with Crippen molar-refractivity contribution in [3.8, 4) is 0 Å². The van der Waals surface area contributed by atoms with Gasteiger partial charge in [-0.1, -0.05) is 17.7 Å². The molecule has 4 aromatic rings. The van der Waals surface area contributed by atoms with E-state index in [-0.39, 0.29) is 35.0 Å². The van der Waals surface area contributed by atoms with Crippen LogP contribution in [0.1, 0.15) is 19.4 Å². The Morgan fingerprint density at radius 3 is 2.30 bits per heavy atom. The Bertz CT molecular complexity index is 1610. The van der Waals surface area contributed by atoms with E-state index in [1.807, 2.05) is 36.1 Å². The third-order valence-electron chi connectivity index (χ3n) is 6.96. The molecule has 3 N–H and O–H groups in total. The standard InChI is InChI=1S/C28H33N7O4S/c1-19-4-10-24(11-5-19)40(38,39)35-13-12-25-26(29-20(2)18-36)31-28(32-27(25)35)30-22-6-8-23(9-7-22)34-16-14-33(15-17-34)21(3)37/h4-13,20,36H,14-18H2,1-3H3,(H2,29,30,31,32). The maximum Gasteiger partial charge on any atom is 0.269 e. The lowest BCUT2D eigenvalue weighted by molar-refractivity contribution is -0.129. The van der Waals surface area contributed by atoms with E-state index in [1.54, 1.807) is 44.2 Å². The second-order valence-electron chi connectivity index (χ2n) is 9.96. The lowest BCUT2D eigenvalue weighted by Crippen LogP contribution is -2.48. The van der Waals surface area contributed by atoms with Gasteiger partial charge in [-0.25, -0.2) is 12.4 Å². The van der Waals surface area contributed by atoms with Crippen LogP contribution in [0.3, 0.4) is 0 Å². The van der Waals surface area contributed by atoms with Gasteiger partial charge in [0.25, 0.3) is 10.0 Å². The lowest BCUT2D eigenvalue weighted by atomic mass is 10.2. The van der Waals surface area contributed by atoms with Gasteiger partial charge >= 0.3 is 0 Å². The largest absolute Gasteiger partial charge is 0.394 e. The van der Waals surface area contributed by atoms with Crippen molar-refractivity contribution >= 4 is 50.1 Å². The fourth-order valence-electron chi connectivity index (χ4n) is 4.62. The fourth-order valence-corrected chi connectivity index (χ4v) is 5.91. The van der Waals surface area contributed by atoms with Crippen molar-refractivity contribution in [1.29, 1.82) is 0 Å². The lowest BCUT2D eigenvalue weighted by Gasteiger charge is -2.35. The number of aromatic nitrogens is 3. The van der Waals surface area contributed by atoms with E-state index in [4.69, 9.17) is 0 Å². The summed E-state index contributed by atoms with van der Waals surface area (Å²) in [7, 11) is -3.92. The highest BCUT2D eigenvalue weighted by Gasteiger charge is 2.23. The van der Waals surface area contributed by atoms with Gasteiger partial charge in [0.15, 0.2) is 5.65 Å². The molecule has 1 fully saturated rings. The number of carbonyl (C=O) groups excluding carboxylic acids is 1. The highest BCUT2D eigenvalue weighted by atomic mass is 32.2. The van der Waals surface area contributed by atoms with E-state index in [9.17, 15) is 18.3 Å². The molecule has 1 aliphatic heterocycles. The van der Waals surface area contributed by atoms with Crippen LogP contribution in [0, 0.1) is 6.92 Å². The maximum absolute atomic E-state index is 13.5. The van der Waals surface area contributed by atoms with Crippen molar-refractivity contribution in [3.63, 3.8) is 0 Å². The molecule has 1 aliphatic rings. The quantitative estimate of drug-likeness (QED) is 0.296. The number of aliphatic hydroxyl groups excluding tert-OH is 1. The first-order valence-corrected chi connectivity index (χ1v) is 14.6. The summed E-state index contributed by atoms with van der Waals surface area (Å²) in [6.07, 6.45) is 1.47. The molecule has 0 aliphatic carbocycles. The third kappa shape index (κ3) is 5.58. The Kier molecular flexibility index (Phi) is 7.63. The van der Waals surface area contributed by atoms with Gasteiger partial charge in [-0.3, -0.25) is 4.79 Å². The Morgan fingerprint density at radius 1 is 1.00 bits per heavy atom. The predicted octanol–water partition coefficient (Wildman–Crippen LogP) is 3.18. The summed E-state index contributed by atoms with van der Waals surface area (Å²) in [6, 6.07) is 15.8. The molecule has 40 heavy (non-hydrogen) atoms. The number of aliphatic hydroxyl groups is 1. The van der Waals surface area contributed by atoms with Crippen LogP contribution in [0.5, 0.6) is 0 Å². The van der Waals surface area contributed by atoms with Crippen LogP contribution < -0.4 is 15.5 Å². The molecule has 2 aromatic carbocycles. The van der Waals surface area contributed by atoms with Crippen molar-refractivity contribution in [2.24, 2.45) is 0 Å². The molecular formula is C28H33N7O4S. The van der Waals surface area contributed by atoms with Gasteiger partial charge in [0.1, 0.15) is 5.82 Å². The molecule has 3 heterocycles. The van der Waals surface area contributed by atoms with Crippen LogP contribution in [0.2, 0.25) is 0 Å². The molecule has 0 spiro atoms. The van der Waals surface area contributed by atoms with Crippen LogP contribution in [0.4, 0.5) is 23.1 Å². The maximum atomic E-state index is 13.5. The molecule has 12 heteroatoms. The molecule has 1 atom stereocenters. The number of amides is 1. The Balaban J connectivity index is 1.45. The van der Waals surface area contributed by atoms with Crippen LogP contribution in [0.25, 0.3) is 11.0 Å².